The Balaban J connectivity index is 1.63. The number of aromatic nitrogens is 3. The standard InChI is InChI=1S/C20H17N5O3/c1-23-11-3-7-18(20(23)27)25(28)22-19(26)15-8-9-16-14(13-15)5-2-6-17(16)24-12-4-10-21-24/h2-13,28H,1H3,(H,22,26). The number of benzene rings is 2. The maximum Gasteiger partial charge on any atom is 0.278 e. The quantitative estimate of drug-likeness (QED) is 0.534. The van der Waals surface area contributed by atoms with Crippen LogP contribution in [0.1, 0.15) is 10.4 Å². The zero-order valence-electron chi connectivity index (χ0n) is 15.0. The van der Waals surface area contributed by atoms with Gasteiger partial charge in [-0.25, -0.2) is 10.1 Å². The van der Waals surface area contributed by atoms with Gasteiger partial charge in [-0.2, -0.15) is 10.3 Å². The molecule has 8 nitrogen and oxygen atoms in total. The molecule has 1 amide bonds. The normalized spacial score (nSPS) is 10.8. The smallest absolute Gasteiger partial charge is 0.278 e. The fraction of sp³-hybridized carbons (Fsp3) is 0.0500. The number of rotatable bonds is 4. The second-order valence-corrected chi connectivity index (χ2v) is 6.23. The summed E-state index contributed by atoms with van der Waals surface area (Å²) in [4.78, 5) is 24.6. The van der Waals surface area contributed by atoms with Gasteiger partial charge in [-0.05, 0) is 41.8 Å². The third-order valence-electron chi connectivity index (χ3n) is 4.41. The molecule has 2 aromatic carbocycles. The zero-order valence-corrected chi connectivity index (χ0v) is 15.0. The minimum absolute atomic E-state index is 0.0555. The Kier molecular flexibility index (Phi) is 4.38. The molecule has 8 heteroatoms. The molecular formula is C20H17N5O3. The van der Waals surface area contributed by atoms with E-state index in [2.05, 4.69) is 10.5 Å². The Labute approximate surface area is 159 Å². The first-order valence-electron chi connectivity index (χ1n) is 8.53. The van der Waals surface area contributed by atoms with Crippen LogP contribution >= 0.6 is 0 Å². The highest BCUT2D eigenvalue weighted by atomic mass is 16.5. The van der Waals surface area contributed by atoms with Crippen LogP contribution < -0.4 is 16.2 Å². The average Bonchev–Trinajstić information content (AvgIpc) is 3.23. The van der Waals surface area contributed by atoms with E-state index in [1.54, 1.807) is 42.3 Å². The lowest BCUT2D eigenvalue weighted by molar-refractivity contribution is 0.0879. The summed E-state index contributed by atoms with van der Waals surface area (Å²) >= 11 is 0. The molecule has 0 radical (unpaired) electrons. The van der Waals surface area contributed by atoms with Crippen molar-refractivity contribution >= 4 is 22.4 Å². The molecule has 2 heterocycles. The van der Waals surface area contributed by atoms with Gasteiger partial charge in [-0.1, -0.05) is 18.2 Å². The van der Waals surface area contributed by atoms with Crippen LogP contribution in [0.5, 0.6) is 0 Å². The summed E-state index contributed by atoms with van der Waals surface area (Å²) in [7, 11) is 1.56. The number of fused-ring (bicyclic) bond motifs is 1. The molecule has 0 unspecified atom stereocenters. The molecule has 140 valence electrons. The first kappa shape index (κ1) is 17.5. The molecule has 4 rings (SSSR count). The molecule has 0 fully saturated rings. The predicted molar refractivity (Wildman–Crippen MR) is 104 cm³/mol. The van der Waals surface area contributed by atoms with E-state index in [9.17, 15) is 14.8 Å². The van der Waals surface area contributed by atoms with E-state index >= 15 is 0 Å². The molecule has 2 N–H and O–H groups in total. The van der Waals surface area contributed by atoms with Crippen molar-refractivity contribution in [2.24, 2.45) is 7.05 Å². The number of hydrogen-bond donors (Lipinski definition) is 2. The highest BCUT2D eigenvalue weighted by Crippen LogP contribution is 2.23. The number of nitrogens with one attached hydrogen (secondary N) is 1. The molecule has 0 aliphatic rings. The molecule has 0 saturated heterocycles. The fourth-order valence-corrected chi connectivity index (χ4v) is 2.98. The first-order valence-corrected chi connectivity index (χ1v) is 8.53. The first-order chi connectivity index (χ1) is 13.5. The molecule has 2 aromatic heterocycles. The van der Waals surface area contributed by atoms with Crippen molar-refractivity contribution in [2.45, 2.75) is 0 Å². The number of aryl methyl sites for hydroxylation is 1. The Hall–Kier alpha value is -3.91. The number of carbonyl (C=O) groups excluding carboxylic acids is 1. The van der Waals surface area contributed by atoms with Crippen molar-refractivity contribution in [3.05, 3.63) is 89.1 Å². The summed E-state index contributed by atoms with van der Waals surface area (Å²) in [6, 6.07) is 15.8. The van der Waals surface area contributed by atoms with Crippen molar-refractivity contribution in [1.82, 2.24) is 19.8 Å². The largest absolute Gasteiger partial charge is 0.317 e. The molecule has 0 spiro atoms. The minimum Gasteiger partial charge on any atom is -0.317 e. The van der Waals surface area contributed by atoms with Crippen molar-refractivity contribution < 1.29 is 10.0 Å². The van der Waals surface area contributed by atoms with E-state index < -0.39 is 11.5 Å². The zero-order chi connectivity index (χ0) is 19.7. The summed E-state index contributed by atoms with van der Waals surface area (Å²) in [5.74, 6) is -0.542. The lowest BCUT2D eigenvalue weighted by Gasteiger charge is -2.17. The van der Waals surface area contributed by atoms with E-state index in [4.69, 9.17) is 0 Å². The fourth-order valence-electron chi connectivity index (χ4n) is 2.98. The lowest BCUT2D eigenvalue weighted by Crippen LogP contribution is -2.43. The third kappa shape index (κ3) is 3.12. The third-order valence-corrected chi connectivity index (χ3v) is 4.41. The number of anilines is 1. The summed E-state index contributed by atoms with van der Waals surface area (Å²) in [6.07, 6.45) is 5.10. The van der Waals surface area contributed by atoms with Gasteiger partial charge in [0.25, 0.3) is 11.5 Å². The van der Waals surface area contributed by atoms with Gasteiger partial charge >= 0.3 is 0 Å². The summed E-state index contributed by atoms with van der Waals surface area (Å²) in [5.41, 5.74) is 3.05. The van der Waals surface area contributed by atoms with Crippen LogP contribution in [-0.2, 0) is 7.05 Å². The molecule has 28 heavy (non-hydrogen) atoms. The van der Waals surface area contributed by atoms with E-state index in [1.165, 1.54) is 10.6 Å². The highest BCUT2D eigenvalue weighted by Gasteiger charge is 2.14. The Morgan fingerprint density at radius 2 is 1.96 bits per heavy atom. The van der Waals surface area contributed by atoms with E-state index in [1.807, 2.05) is 36.5 Å². The number of nitrogens with zero attached hydrogens (tertiary/aromatic N) is 4. The Morgan fingerprint density at radius 1 is 1.11 bits per heavy atom. The van der Waals surface area contributed by atoms with Crippen LogP contribution in [0, 0.1) is 0 Å². The molecule has 0 bridgehead atoms. The van der Waals surface area contributed by atoms with E-state index in [0.717, 1.165) is 16.5 Å². The molecule has 0 atom stereocenters. The molecule has 0 aliphatic heterocycles. The minimum atomic E-state index is -0.542. The van der Waals surface area contributed by atoms with Crippen LogP contribution in [0.15, 0.2) is 78.0 Å². The van der Waals surface area contributed by atoms with Gasteiger partial charge in [-0.15, -0.1) is 0 Å². The Morgan fingerprint density at radius 3 is 2.75 bits per heavy atom. The van der Waals surface area contributed by atoms with Crippen molar-refractivity contribution in [1.29, 1.82) is 0 Å². The van der Waals surface area contributed by atoms with Crippen molar-refractivity contribution in [3.63, 3.8) is 0 Å². The Bertz CT molecular complexity index is 1210. The maximum atomic E-state index is 12.5. The van der Waals surface area contributed by atoms with Crippen LogP contribution in [0.4, 0.5) is 5.69 Å². The second kappa shape index (κ2) is 7.01. The highest BCUT2D eigenvalue weighted by molar-refractivity contribution is 6.00. The molecule has 4 aromatic rings. The van der Waals surface area contributed by atoms with Crippen LogP contribution in [0.25, 0.3) is 16.5 Å². The molecule has 0 aliphatic carbocycles. The van der Waals surface area contributed by atoms with Crippen LogP contribution in [0.2, 0.25) is 0 Å². The summed E-state index contributed by atoms with van der Waals surface area (Å²) in [5, 5.41) is 16.6. The van der Waals surface area contributed by atoms with Gasteiger partial charge < -0.3 is 4.57 Å². The van der Waals surface area contributed by atoms with Gasteiger partial charge in [0.05, 0.1) is 5.69 Å². The summed E-state index contributed by atoms with van der Waals surface area (Å²) in [6.45, 7) is 0. The molecule has 0 saturated carbocycles. The van der Waals surface area contributed by atoms with Gasteiger partial charge in [0.1, 0.15) is 0 Å². The van der Waals surface area contributed by atoms with Gasteiger partial charge in [-0.3, -0.25) is 14.8 Å². The number of amides is 1. The summed E-state index contributed by atoms with van der Waals surface area (Å²) < 4.78 is 3.06. The van der Waals surface area contributed by atoms with Crippen LogP contribution in [-0.4, -0.2) is 25.5 Å². The molecular weight excluding hydrogens is 358 g/mol. The number of hydrogen-bond acceptors (Lipinski definition) is 5. The predicted octanol–water partition coefficient (Wildman–Crippen LogP) is 2.26. The topological polar surface area (TPSA) is 92.4 Å². The van der Waals surface area contributed by atoms with E-state index in [-0.39, 0.29) is 5.69 Å². The number of pyridine rings is 1. The maximum absolute atomic E-state index is 12.5. The van der Waals surface area contributed by atoms with Crippen molar-refractivity contribution in [2.75, 3.05) is 5.17 Å². The van der Waals surface area contributed by atoms with Gasteiger partial charge in [0.15, 0.2) is 5.69 Å². The van der Waals surface area contributed by atoms with Gasteiger partial charge in [0.2, 0.25) is 0 Å². The monoisotopic (exact) mass is 375 g/mol. The van der Waals surface area contributed by atoms with Gasteiger partial charge in [0, 0.05) is 36.6 Å². The van der Waals surface area contributed by atoms with Crippen molar-refractivity contribution in [3.8, 4) is 5.69 Å². The number of hydrazine groups is 1. The van der Waals surface area contributed by atoms with Crippen LogP contribution in [0.3, 0.4) is 0 Å². The SMILES string of the molecule is Cn1cccc(N(O)NC(=O)c2ccc3c(-n4cccn4)cccc3c2)c1=O. The second-order valence-electron chi connectivity index (χ2n) is 6.23. The van der Waals surface area contributed by atoms with E-state index in [0.29, 0.717) is 10.7 Å². The number of carbonyl (C=O) groups is 1. The lowest BCUT2D eigenvalue weighted by atomic mass is 10.1. The average molecular weight is 375 g/mol.